The molecular weight excluding hydrogens is 411 g/mol. The van der Waals surface area contributed by atoms with Crippen LogP contribution in [-0.4, -0.2) is 97.2 Å². The molecule has 2 saturated heterocycles. The number of piperazine rings is 1. The molecule has 2 fully saturated rings. The molecule has 0 aromatic heterocycles. The van der Waals surface area contributed by atoms with Gasteiger partial charge in [0, 0.05) is 57.2 Å². The molecule has 0 bridgehead atoms. The van der Waals surface area contributed by atoms with Crippen LogP contribution in [0.2, 0.25) is 0 Å². The van der Waals surface area contributed by atoms with Gasteiger partial charge in [-0.3, -0.25) is 19.3 Å². The molecule has 0 aliphatic carbocycles. The number of rotatable bonds is 7. The maximum Gasteiger partial charge on any atom is 0.241 e. The van der Waals surface area contributed by atoms with Crippen molar-refractivity contribution in [2.45, 2.75) is 38.1 Å². The smallest absolute Gasteiger partial charge is 0.241 e. The third-order valence-electron chi connectivity index (χ3n) is 6.73. The molecule has 0 spiro atoms. The molecule has 2 aliphatic heterocycles. The summed E-state index contributed by atoms with van der Waals surface area (Å²) < 4.78 is 15.0. The Morgan fingerprint density at radius 2 is 1.91 bits per heavy atom. The van der Waals surface area contributed by atoms with E-state index < -0.39 is 17.1 Å². The van der Waals surface area contributed by atoms with Crippen LogP contribution < -0.4 is 0 Å². The van der Waals surface area contributed by atoms with Gasteiger partial charge in [-0.15, -0.1) is 0 Å². The van der Waals surface area contributed by atoms with Crippen LogP contribution in [0.3, 0.4) is 0 Å². The Labute approximate surface area is 190 Å². The van der Waals surface area contributed by atoms with Crippen molar-refractivity contribution in [2.75, 3.05) is 53.9 Å². The SMILES string of the molecule is CC(C)[C@H]1CN(C)CCN1C(=O)CC1(c2ccccc2F)CC(=O)N(CCN(C)C)C1=O. The Bertz CT molecular complexity index is 875. The molecule has 0 radical (unpaired) electrons. The van der Waals surface area contributed by atoms with Crippen LogP contribution in [-0.2, 0) is 19.8 Å². The number of amides is 3. The molecule has 2 aliphatic rings. The summed E-state index contributed by atoms with van der Waals surface area (Å²) >= 11 is 0. The van der Waals surface area contributed by atoms with Crippen LogP contribution in [0.5, 0.6) is 0 Å². The Balaban J connectivity index is 1.96. The monoisotopic (exact) mass is 446 g/mol. The van der Waals surface area contributed by atoms with Crippen molar-refractivity contribution in [1.82, 2.24) is 19.6 Å². The lowest BCUT2D eigenvalue weighted by Gasteiger charge is -2.43. The van der Waals surface area contributed by atoms with E-state index in [0.717, 1.165) is 13.1 Å². The fourth-order valence-electron chi connectivity index (χ4n) is 4.81. The molecule has 2 atom stereocenters. The Hall–Kier alpha value is -2.32. The maximum atomic E-state index is 15.0. The number of likely N-dealkylation sites (N-methyl/N-ethyl adjacent to an activating group) is 2. The summed E-state index contributed by atoms with van der Waals surface area (Å²) in [6, 6.07) is 6.03. The van der Waals surface area contributed by atoms with Gasteiger partial charge in [-0.2, -0.15) is 0 Å². The largest absolute Gasteiger partial charge is 0.337 e. The minimum absolute atomic E-state index is 0.0102. The molecule has 0 N–H and O–H groups in total. The zero-order valence-electron chi connectivity index (χ0n) is 19.8. The van der Waals surface area contributed by atoms with Crippen molar-refractivity contribution in [3.05, 3.63) is 35.6 Å². The van der Waals surface area contributed by atoms with E-state index in [4.69, 9.17) is 0 Å². The van der Waals surface area contributed by atoms with Crippen LogP contribution in [0.1, 0.15) is 32.3 Å². The van der Waals surface area contributed by atoms with Crippen molar-refractivity contribution in [2.24, 2.45) is 5.92 Å². The second-order valence-electron chi connectivity index (χ2n) is 9.73. The third kappa shape index (κ3) is 4.71. The van der Waals surface area contributed by atoms with Gasteiger partial charge in [0.2, 0.25) is 17.7 Å². The normalized spacial score (nSPS) is 24.8. The molecule has 2 heterocycles. The molecule has 3 amide bonds. The maximum absolute atomic E-state index is 15.0. The molecule has 176 valence electrons. The lowest BCUT2D eigenvalue weighted by atomic mass is 9.75. The number of benzene rings is 1. The first-order chi connectivity index (χ1) is 15.1. The summed E-state index contributed by atoms with van der Waals surface area (Å²) in [4.78, 5) is 47.2. The van der Waals surface area contributed by atoms with E-state index in [1.165, 1.54) is 17.0 Å². The first-order valence-corrected chi connectivity index (χ1v) is 11.3. The zero-order chi connectivity index (χ0) is 23.6. The first-order valence-electron chi connectivity index (χ1n) is 11.3. The second kappa shape index (κ2) is 9.67. The van der Waals surface area contributed by atoms with Crippen LogP contribution in [0, 0.1) is 11.7 Å². The highest BCUT2D eigenvalue weighted by molar-refractivity contribution is 6.10. The molecule has 3 rings (SSSR count). The summed E-state index contributed by atoms with van der Waals surface area (Å²) in [6.07, 6.45) is -0.393. The fourth-order valence-corrected chi connectivity index (χ4v) is 4.81. The fraction of sp³-hybridized carbons (Fsp3) is 0.625. The van der Waals surface area contributed by atoms with Crippen LogP contribution in [0.15, 0.2) is 24.3 Å². The van der Waals surface area contributed by atoms with E-state index >= 15 is 0 Å². The summed E-state index contributed by atoms with van der Waals surface area (Å²) in [5, 5.41) is 0. The van der Waals surface area contributed by atoms with Gasteiger partial charge in [-0.1, -0.05) is 32.0 Å². The number of nitrogens with zero attached hydrogens (tertiary/aromatic N) is 4. The minimum atomic E-state index is -1.50. The lowest BCUT2D eigenvalue weighted by molar-refractivity contribution is -0.145. The molecule has 1 aromatic rings. The Morgan fingerprint density at radius 3 is 2.53 bits per heavy atom. The standard InChI is InChI=1S/C24H35FN4O3/c1-17(2)20-16-27(5)11-13-28(20)21(30)14-24(18-8-6-7-9-19(18)25)15-22(31)29(23(24)32)12-10-26(3)4/h6-9,17,20H,10-16H2,1-5H3/t20-,24?/m1/s1. The molecule has 7 nitrogen and oxygen atoms in total. The van der Waals surface area contributed by atoms with Gasteiger partial charge >= 0.3 is 0 Å². The Morgan fingerprint density at radius 1 is 1.22 bits per heavy atom. The van der Waals surface area contributed by atoms with Gasteiger partial charge in [0.25, 0.3) is 0 Å². The minimum Gasteiger partial charge on any atom is -0.337 e. The van der Waals surface area contributed by atoms with Gasteiger partial charge in [0.15, 0.2) is 0 Å². The number of hydrogen-bond donors (Lipinski definition) is 0. The van der Waals surface area contributed by atoms with E-state index in [9.17, 15) is 18.8 Å². The van der Waals surface area contributed by atoms with Gasteiger partial charge in [0.1, 0.15) is 5.82 Å². The van der Waals surface area contributed by atoms with Crippen molar-refractivity contribution >= 4 is 17.7 Å². The lowest BCUT2D eigenvalue weighted by Crippen LogP contribution is -2.57. The van der Waals surface area contributed by atoms with Crippen LogP contribution in [0.4, 0.5) is 4.39 Å². The molecule has 32 heavy (non-hydrogen) atoms. The van der Waals surface area contributed by atoms with E-state index in [2.05, 4.69) is 18.7 Å². The van der Waals surface area contributed by atoms with E-state index in [0.29, 0.717) is 13.1 Å². The number of hydrogen-bond acceptors (Lipinski definition) is 5. The van der Waals surface area contributed by atoms with Crippen molar-refractivity contribution < 1.29 is 18.8 Å². The summed E-state index contributed by atoms with van der Waals surface area (Å²) in [5.41, 5.74) is -1.37. The first kappa shape index (κ1) is 24.3. The highest BCUT2D eigenvalue weighted by atomic mass is 19.1. The predicted molar refractivity (Wildman–Crippen MR) is 120 cm³/mol. The van der Waals surface area contributed by atoms with Gasteiger partial charge < -0.3 is 14.7 Å². The average molecular weight is 447 g/mol. The molecule has 8 heteroatoms. The van der Waals surface area contributed by atoms with Crippen LogP contribution >= 0.6 is 0 Å². The molecule has 1 unspecified atom stereocenters. The van der Waals surface area contributed by atoms with Crippen molar-refractivity contribution in [1.29, 1.82) is 0 Å². The Kier molecular flexibility index (Phi) is 7.35. The van der Waals surface area contributed by atoms with Crippen molar-refractivity contribution in [3.8, 4) is 0 Å². The van der Waals surface area contributed by atoms with Crippen LogP contribution in [0.25, 0.3) is 0 Å². The number of halogens is 1. The third-order valence-corrected chi connectivity index (χ3v) is 6.73. The van der Waals surface area contributed by atoms with Gasteiger partial charge in [-0.25, -0.2) is 4.39 Å². The number of likely N-dealkylation sites (tertiary alicyclic amines) is 1. The van der Waals surface area contributed by atoms with Gasteiger partial charge in [0.05, 0.1) is 5.41 Å². The molecule has 0 saturated carbocycles. The molecule has 1 aromatic carbocycles. The van der Waals surface area contributed by atoms with E-state index in [1.807, 2.05) is 30.9 Å². The van der Waals surface area contributed by atoms with E-state index in [1.54, 1.807) is 12.1 Å². The summed E-state index contributed by atoms with van der Waals surface area (Å²) in [7, 11) is 5.75. The van der Waals surface area contributed by atoms with Gasteiger partial charge in [-0.05, 0) is 33.1 Å². The van der Waals surface area contributed by atoms with Crippen molar-refractivity contribution in [3.63, 3.8) is 0 Å². The van der Waals surface area contributed by atoms with E-state index in [-0.39, 0.29) is 48.7 Å². The summed E-state index contributed by atoms with van der Waals surface area (Å²) in [5.74, 6) is -1.35. The molecular formula is C24H35FN4O3. The predicted octanol–water partition coefficient (Wildman–Crippen LogP) is 1.57. The zero-order valence-corrected chi connectivity index (χ0v) is 19.8. The number of carbonyl (C=O) groups is 3. The second-order valence-corrected chi connectivity index (χ2v) is 9.73. The topological polar surface area (TPSA) is 64.2 Å². The number of carbonyl (C=O) groups excluding carboxylic acids is 3. The highest BCUT2D eigenvalue weighted by Gasteiger charge is 2.55. The number of imide groups is 1. The average Bonchev–Trinajstić information content (AvgIpc) is 2.96. The summed E-state index contributed by atoms with van der Waals surface area (Å²) in [6.45, 7) is 6.91. The quantitative estimate of drug-likeness (QED) is 0.595. The highest BCUT2D eigenvalue weighted by Crippen LogP contribution is 2.41.